The van der Waals surface area contributed by atoms with Crippen molar-refractivity contribution < 1.29 is 13.2 Å². The quantitative estimate of drug-likeness (QED) is 0.571. The second-order valence-corrected chi connectivity index (χ2v) is 6.07. The molecule has 0 spiro atoms. The van der Waals surface area contributed by atoms with Crippen molar-refractivity contribution in [2.24, 2.45) is 5.84 Å². The first-order valence-corrected chi connectivity index (χ1v) is 7.61. The van der Waals surface area contributed by atoms with Crippen LogP contribution in [0.1, 0.15) is 0 Å². The van der Waals surface area contributed by atoms with Crippen LogP contribution in [0.25, 0.3) is 0 Å². The molecule has 0 radical (unpaired) electrons. The van der Waals surface area contributed by atoms with Gasteiger partial charge in [0.15, 0.2) is 0 Å². The smallest absolute Gasteiger partial charge is 0.263 e. The van der Waals surface area contributed by atoms with Gasteiger partial charge in [0, 0.05) is 12.3 Å². The van der Waals surface area contributed by atoms with Crippen molar-refractivity contribution in [3.8, 4) is 5.75 Å². The van der Waals surface area contributed by atoms with Gasteiger partial charge in [0.05, 0.1) is 17.8 Å². The highest BCUT2D eigenvalue weighted by Gasteiger charge is 2.15. The van der Waals surface area contributed by atoms with E-state index in [1.807, 2.05) is 0 Å². The largest absolute Gasteiger partial charge is 0.495 e. The number of ether oxygens (including phenoxy) is 1. The van der Waals surface area contributed by atoms with E-state index < -0.39 is 10.0 Å². The van der Waals surface area contributed by atoms with Gasteiger partial charge in [-0.2, -0.15) is 0 Å². The van der Waals surface area contributed by atoms with Crippen molar-refractivity contribution in [2.75, 3.05) is 17.3 Å². The average molecular weight is 329 g/mol. The molecule has 0 fully saturated rings. The molecular formula is C12H13ClN4O3S. The number of nitrogens with one attached hydrogen (secondary N) is 2. The predicted octanol–water partition coefficient (Wildman–Crippen LogP) is 1.83. The number of hydrogen-bond acceptors (Lipinski definition) is 6. The summed E-state index contributed by atoms with van der Waals surface area (Å²) in [5.41, 5.74) is 2.65. The van der Waals surface area contributed by atoms with Gasteiger partial charge in [-0.1, -0.05) is 11.6 Å². The zero-order valence-electron chi connectivity index (χ0n) is 11.0. The maximum absolute atomic E-state index is 12.2. The van der Waals surface area contributed by atoms with Crippen molar-refractivity contribution in [2.45, 2.75) is 4.90 Å². The third-order valence-corrected chi connectivity index (χ3v) is 4.28. The molecule has 2 aromatic rings. The minimum atomic E-state index is -3.76. The average Bonchev–Trinajstić information content (AvgIpc) is 2.49. The van der Waals surface area contributed by atoms with Crippen molar-refractivity contribution >= 4 is 33.1 Å². The molecule has 0 amide bonds. The summed E-state index contributed by atoms with van der Waals surface area (Å²) in [6.07, 6.45) is 1.20. The summed E-state index contributed by atoms with van der Waals surface area (Å²) >= 11 is 5.89. The van der Waals surface area contributed by atoms with Crippen LogP contribution in [0.3, 0.4) is 0 Å². The van der Waals surface area contributed by atoms with Crippen molar-refractivity contribution in [3.63, 3.8) is 0 Å². The molecule has 9 heteroatoms. The number of hydrogen-bond donors (Lipinski definition) is 3. The number of benzene rings is 1. The van der Waals surface area contributed by atoms with Crippen molar-refractivity contribution in [3.05, 3.63) is 41.6 Å². The lowest BCUT2D eigenvalue weighted by Crippen LogP contribution is -2.14. The Morgan fingerprint density at radius 1 is 1.29 bits per heavy atom. The first-order valence-electron chi connectivity index (χ1n) is 5.75. The number of hydrazine groups is 1. The highest BCUT2D eigenvalue weighted by molar-refractivity contribution is 7.92. The summed E-state index contributed by atoms with van der Waals surface area (Å²) < 4.78 is 31.9. The fourth-order valence-corrected chi connectivity index (χ4v) is 2.75. The summed E-state index contributed by atoms with van der Waals surface area (Å²) in [7, 11) is -2.31. The van der Waals surface area contributed by atoms with Gasteiger partial charge in [-0.15, -0.1) is 0 Å². The van der Waals surface area contributed by atoms with E-state index in [0.29, 0.717) is 22.3 Å². The SMILES string of the molecule is COc1cc(NS(=O)(=O)c2ccc(NN)nc2)ccc1Cl. The van der Waals surface area contributed by atoms with Gasteiger partial charge in [0.1, 0.15) is 16.5 Å². The van der Waals surface area contributed by atoms with Crippen molar-refractivity contribution in [1.29, 1.82) is 0 Å². The molecule has 0 saturated heterocycles. The van der Waals surface area contributed by atoms with Crippen LogP contribution in [0.2, 0.25) is 5.02 Å². The minimum Gasteiger partial charge on any atom is -0.495 e. The highest BCUT2D eigenvalue weighted by Crippen LogP contribution is 2.28. The lowest BCUT2D eigenvalue weighted by molar-refractivity contribution is 0.415. The topological polar surface area (TPSA) is 106 Å². The number of halogens is 1. The summed E-state index contributed by atoms with van der Waals surface area (Å²) in [4.78, 5) is 3.86. The Morgan fingerprint density at radius 2 is 2.05 bits per heavy atom. The molecule has 0 unspecified atom stereocenters. The molecule has 0 aliphatic carbocycles. The molecule has 1 aromatic carbocycles. The zero-order valence-corrected chi connectivity index (χ0v) is 12.6. The van der Waals surface area contributed by atoms with E-state index in [1.54, 1.807) is 0 Å². The maximum atomic E-state index is 12.2. The Hall–Kier alpha value is -2.03. The summed E-state index contributed by atoms with van der Waals surface area (Å²) in [6, 6.07) is 7.40. The summed E-state index contributed by atoms with van der Waals surface area (Å²) in [6.45, 7) is 0. The fraction of sp³-hybridized carbons (Fsp3) is 0.0833. The van der Waals surface area contributed by atoms with Gasteiger partial charge in [0.2, 0.25) is 0 Å². The second-order valence-electron chi connectivity index (χ2n) is 3.98. The first kappa shape index (κ1) is 15.4. The van der Waals surface area contributed by atoms with Crippen LogP contribution in [0.4, 0.5) is 11.5 Å². The number of sulfonamides is 1. The molecule has 2 rings (SSSR count). The number of nitrogens with zero attached hydrogens (tertiary/aromatic N) is 1. The van der Waals surface area contributed by atoms with Gasteiger partial charge in [0.25, 0.3) is 10.0 Å². The normalized spacial score (nSPS) is 11.0. The van der Waals surface area contributed by atoms with Crippen LogP contribution in [0.15, 0.2) is 41.4 Å². The predicted molar refractivity (Wildman–Crippen MR) is 80.9 cm³/mol. The van der Waals surface area contributed by atoms with Crippen LogP contribution in [0, 0.1) is 0 Å². The molecule has 21 heavy (non-hydrogen) atoms. The van der Waals surface area contributed by atoms with Gasteiger partial charge >= 0.3 is 0 Å². The van der Waals surface area contributed by atoms with Gasteiger partial charge in [-0.05, 0) is 24.3 Å². The van der Waals surface area contributed by atoms with E-state index in [-0.39, 0.29) is 4.90 Å². The number of aromatic nitrogens is 1. The molecule has 7 nitrogen and oxygen atoms in total. The monoisotopic (exact) mass is 328 g/mol. The minimum absolute atomic E-state index is 0.00965. The number of anilines is 2. The van der Waals surface area contributed by atoms with Gasteiger partial charge in [-0.25, -0.2) is 19.2 Å². The van der Waals surface area contributed by atoms with Crippen LogP contribution in [0.5, 0.6) is 5.75 Å². The van der Waals surface area contributed by atoms with E-state index >= 15 is 0 Å². The molecule has 112 valence electrons. The third kappa shape index (κ3) is 3.54. The van der Waals surface area contributed by atoms with Gasteiger partial charge < -0.3 is 10.2 Å². The Balaban J connectivity index is 2.28. The zero-order chi connectivity index (χ0) is 15.5. The first-order chi connectivity index (χ1) is 9.96. The van der Waals surface area contributed by atoms with Gasteiger partial charge in [-0.3, -0.25) is 4.72 Å². The van der Waals surface area contributed by atoms with Crippen LogP contribution >= 0.6 is 11.6 Å². The second kappa shape index (κ2) is 6.17. The summed E-state index contributed by atoms with van der Waals surface area (Å²) in [5.74, 6) is 5.91. The Labute approximate surface area is 127 Å². The molecule has 0 aliphatic rings. The lowest BCUT2D eigenvalue weighted by Gasteiger charge is -2.10. The Morgan fingerprint density at radius 3 is 2.62 bits per heavy atom. The number of nitrogen functional groups attached to an aromatic ring is 1. The van der Waals surface area contributed by atoms with Crippen LogP contribution in [-0.2, 0) is 10.0 Å². The number of rotatable bonds is 5. The number of methoxy groups -OCH3 is 1. The molecule has 0 bridgehead atoms. The summed E-state index contributed by atoms with van der Waals surface area (Å²) in [5, 5.41) is 0.389. The Bertz CT molecular complexity index is 735. The van der Waals surface area contributed by atoms with E-state index in [2.05, 4.69) is 15.1 Å². The van der Waals surface area contributed by atoms with E-state index in [4.69, 9.17) is 22.2 Å². The van der Waals surface area contributed by atoms with E-state index in [9.17, 15) is 8.42 Å². The standard InChI is InChI=1S/C12H13ClN4O3S/c1-20-11-6-8(2-4-10(11)13)17-21(18,19)9-3-5-12(16-14)15-7-9/h2-7,17H,14H2,1H3,(H,15,16). The molecule has 1 aromatic heterocycles. The number of nitrogens with two attached hydrogens (primary N) is 1. The Kier molecular flexibility index (Phi) is 4.51. The lowest BCUT2D eigenvalue weighted by atomic mass is 10.3. The molecule has 0 atom stereocenters. The third-order valence-electron chi connectivity index (χ3n) is 2.60. The fourth-order valence-electron chi connectivity index (χ4n) is 1.56. The molecule has 0 aliphatic heterocycles. The molecule has 0 saturated carbocycles. The van der Waals surface area contributed by atoms with E-state index in [0.717, 1.165) is 0 Å². The molecule has 4 N–H and O–H groups in total. The van der Waals surface area contributed by atoms with Crippen LogP contribution in [-0.4, -0.2) is 20.5 Å². The maximum Gasteiger partial charge on any atom is 0.263 e. The molecule has 1 heterocycles. The van der Waals surface area contributed by atoms with Crippen LogP contribution < -0.4 is 20.7 Å². The number of pyridine rings is 1. The highest BCUT2D eigenvalue weighted by atomic mass is 35.5. The van der Waals surface area contributed by atoms with Crippen molar-refractivity contribution in [1.82, 2.24) is 4.98 Å². The van der Waals surface area contributed by atoms with E-state index in [1.165, 1.54) is 43.6 Å². The molecular weight excluding hydrogens is 316 g/mol.